The maximum atomic E-state index is 9.94. The van der Waals surface area contributed by atoms with E-state index in [2.05, 4.69) is 59.2 Å². The Labute approximate surface area is 305 Å². The van der Waals surface area contributed by atoms with Crippen LogP contribution in [0.5, 0.6) is 0 Å². The first-order valence-corrected chi connectivity index (χ1v) is 17.1. The van der Waals surface area contributed by atoms with Crippen molar-refractivity contribution in [2.24, 2.45) is 0 Å². The highest BCUT2D eigenvalue weighted by Gasteiger charge is 2.20. The maximum Gasteiger partial charge on any atom is 0.164 e. The van der Waals surface area contributed by atoms with Crippen LogP contribution in [-0.2, 0) is 0 Å². The molecule has 0 fully saturated rings. The fourth-order valence-corrected chi connectivity index (χ4v) is 6.91. The molecule has 0 N–H and O–H groups in total. The van der Waals surface area contributed by atoms with Gasteiger partial charge in [-0.2, -0.15) is 10.5 Å². The third kappa shape index (κ3) is 5.65. The molecule has 3 aromatic heterocycles. The largest absolute Gasteiger partial charge is 0.309 e. The third-order valence-electron chi connectivity index (χ3n) is 9.40. The molecule has 0 saturated carbocycles. The summed E-state index contributed by atoms with van der Waals surface area (Å²) in [6, 6.07) is 56.4. The summed E-state index contributed by atoms with van der Waals surface area (Å²) < 4.78 is 2.25. The molecule has 53 heavy (non-hydrogen) atoms. The van der Waals surface area contributed by atoms with Crippen LogP contribution in [0.4, 0.5) is 0 Å². The maximum absolute atomic E-state index is 9.94. The van der Waals surface area contributed by atoms with Gasteiger partial charge < -0.3 is 4.57 Å². The average Bonchev–Trinajstić information content (AvgIpc) is 3.57. The molecule has 0 amide bonds. The minimum atomic E-state index is 0.456. The third-order valence-corrected chi connectivity index (χ3v) is 9.40. The molecule has 9 aromatic rings. The van der Waals surface area contributed by atoms with E-state index in [0.717, 1.165) is 66.6 Å². The molecule has 0 aliphatic heterocycles. The molecule has 6 aromatic carbocycles. The minimum Gasteiger partial charge on any atom is -0.309 e. The number of aromatic nitrogens is 5. The lowest BCUT2D eigenvalue weighted by molar-refractivity contribution is 1.07. The normalized spacial score (nSPS) is 11.0. The summed E-state index contributed by atoms with van der Waals surface area (Å²) in [5.41, 5.74) is 9.87. The zero-order valence-electron chi connectivity index (χ0n) is 28.2. The van der Waals surface area contributed by atoms with E-state index in [1.807, 2.05) is 103 Å². The summed E-state index contributed by atoms with van der Waals surface area (Å²) in [4.78, 5) is 19.9. The van der Waals surface area contributed by atoms with Gasteiger partial charge in [-0.25, -0.2) is 15.0 Å². The first-order chi connectivity index (χ1) is 26.2. The number of benzene rings is 6. The Balaban J connectivity index is 1.29. The van der Waals surface area contributed by atoms with Gasteiger partial charge in [-0.15, -0.1) is 0 Å². The van der Waals surface area contributed by atoms with E-state index in [9.17, 15) is 10.5 Å². The standard InChI is InChI=1S/C46H27N7/c47-28-30-18-21-36(34(25-30)29-48)33-19-23-43-39(26-33)38-15-7-8-17-42(38)53(43)35-20-22-37(41-16-9-10-24-49-41)40(27-35)46-51-44(31-11-3-1-4-12-31)50-45(52-46)32-13-5-2-6-14-32/h1-27H. The lowest BCUT2D eigenvalue weighted by Gasteiger charge is -2.15. The summed E-state index contributed by atoms with van der Waals surface area (Å²) in [5.74, 6) is 1.69. The minimum absolute atomic E-state index is 0.456. The second-order valence-electron chi connectivity index (χ2n) is 12.6. The van der Waals surface area contributed by atoms with Crippen LogP contribution < -0.4 is 0 Å². The van der Waals surface area contributed by atoms with Gasteiger partial charge in [0.25, 0.3) is 0 Å². The predicted octanol–water partition coefficient (Wildman–Crippen LogP) is 10.4. The Morgan fingerprint density at radius 3 is 1.81 bits per heavy atom. The van der Waals surface area contributed by atoms with Gasteiger partial charge in [-0.3, -0.25) is 4.98 Å². The van der Waals surface area contributed by atoms with Crippen molar-refractivity contribution >= 4 is 21.8 Å². The second kappa shape index (κ2) is 13.2. The molecule has 0 bridgehead atoms. The number of hydrogen-bond donors (Lipinski definition) is 0. The van der Waals surface area contributed by atoms with E-state index in [-0.39, 0.29) is 0 Å². The first kappa shape index (κ1) is 31.3. The predicted molar refractivity (Wildman–Crippen MR) is 209 cm³/mol. The van der Waals surface area contributed by atoms with Crippen molar-refractivity contribution in [1.82, 2.24) is 24.5 Å². The quantitative estimate of drug-likeness (QED) is 0.173. The fourth-order valence-electron chi connectivity index (χ4n) is 6.91. The molecule has 7 nitrogen and oxygen atoms in total. The van der Waals surface area contributed by atoms with E-state index in [4.69, 9.17) is 19.9 Å². The monoisotopic (exact) mass is 677 g/mol. The molecule has 0 aliphatic carbocycles. The van der Waals surface area contributed by atoms with Crippen molar-refractivity contribution in [3.63, 3.8) is 0 Å². The van der Waals surface area contributed by atoms with Crippen LogP contribution in [0, 0.1) is 22.7 Å². The SMILES string of the molecule is N#Cc1ccc(-c2ccc3c(c2)c2ccccc2n3-c2ccc(-c3ccccn3)c(-c3nc(-c4ccccc4)nc(-c4ccccc4)n3)c2)c(C#N)c1. The molecule has 0 spiro atoms. The van der Waals surface area contributed by atoms with Gasteiger partial charge >= 0.3 is 0 Å². The number of para-hydroxylation sites is 1. The number of nitrogens with zero attached hydrogens (tertiary/aromatic N) is 7. The van der Waals surface area contributed by atoms with E-state index >= 15 is 0 Å². The molecule has 0 unspecified atom stereocenters. The van der Waals surface area contributed by atoms with Gasteiger partial charge in [-0.05, 0) is 71.8 Å². The van der Waals surface area contributed by atoms with E-state index < -0.39 is 0 Å². The molecule has 0 atom stereocenters. The highest BCUT2D eigenvalue weighted by Crippen LogP contribution is 2.39. The number of rotatable bonds is 6. The number of fused-ring (bicyclic) bond motifs is 3. The number of nitriles is 2. The van der Waals surface area contributed by atoms with Gasteiger partial charge in [0.1, 0.15) is 0 Å². The molecule has 9 rings (SSSR count). The molecular formula is C46H27N7. The van der Waals surface area contributed by atoms with Gasteiger partial charge in [0.2, 0.25) is 0 Å². The Morgan fingerprint density at radius 2 is 1.11 bits per heavy atom. The van der Waals surface area contributed by atoms with Crippen LogP contribution in [-0.4, -0.2) is 24.5 Å². The van der Waals surface area contributed by atoms with Crippen LogP contribution in [0.15, 0.2) is 164 Å². The lowest BCUT2D eigenvalue weighted by atomic mass is 9.97. The summed E-state index contributed by atoms with van der Waals surface area (Å²) in [7, 11) is 0. The van der Waals surface area contributed by atoms with Crippen LogP contribution >= 0.6 is 0 Å². The summed E-state index contributed by atoms with van der Waals surface area (Å²) in [6.45, 7) is 0. The molecule has 0 aliphatic rings. The van der Waals surface area contributed by atoms with Crippen molar-refractivity contribution in [2.45, 2.75) is 0 Å². The smallest absolute Gasteiger partial charge is 0.164 e. The van der Waals surface area contributed by atoms with E-state index in [0.29, 0.717) is 28.6 Å². The highest BCUT2D eigenvalue weighted by molar-refractivity contribution is 6.10. The lowest BCUT2D eigenvalue weighted by Crippen LogP contribution is -2.02. The molecular weight excluding hydrogens is 651 g/mol. The van der Waals surface area contributed by atoms with Gasteiger partial charge in [0.05, 0.1) is 40.0 Å². The zero-order chi connectivity index (χ0) is 35.7. The van der Waals surface area contributed by atoms with Crippen LogP contribution in [0.2, 0.25) is 0 Å². The number of hydrogen-bond acceptors (Lipinski definition) is 6. The molecule has 7 heteroatoms. The Hall–Kier alpha value is -7.74. The van der Waals surface area contributed by atoms with Crippen molar-refractivity contribution in [3.05, 3.63) is 175 Å². The van der Waals surface area contributed by atoms with Crippen molar-refractivity contribution < 1.29 is 0 Å². The molecule has 0 saturated heterocycles. The summed E-state index contributed by atoms with van der Waals surface area (Å²) >= 11 is 0. The van der Waals surface area contributed by atoms with Crippen molar-refractivity contribution in [2.75, 3.05) is 0 Å². The zero-order valence-corrected chi connectivity index (χ0v) is 28.2. The van der Waals surface area contributed by atoms with E-state index in [1.165, 1.54) is 0 Å². The summed E-state index contributed by atoms with van der Waals surface area (Å²) in [6.07, 6.45) is 1.79. The fraction of sp³-hybridized carbons (Fsp3) is 0. The van der Waals surface area contributed by atoms with Crippen LogP contribution in [0.1, 0.15) is 11.1 Å². The van der Waals surface area contributed by atoms with Crippen molar-refractivity contribution in [3.8, 4) is 74.4 Å². The first-order valence-electron chi connectivity index (χ1n) is 17.1. The molecule has 246 valence electrons. The highest BCUT2D eigenvalue weighted by atomic mass is 15.0. The molecule has 0 radical (unpaired) electrons. The van der Waals surface area contributed by atoms with Gasteiger partial charge in [-0.1, -0.05) is 97.1 Å². The average molecular weight is 678 g/mol. The Morgan fingerprint density at radius 1 is 0.453 bits per heavy atom. The molecule has 3 heterocycles. The van der Waals surface area contributed by atoms with E-state index in [1.54, 1.807) is 18.3 Å². The Kier molecular flexibility index (Phi) is 7.78. The van der Waals surface area contributed by atoms with Gasteiger partial charge in [0, 0.05) is 44.9 Å². The second-order valence-corrected chi connectivity index (χ2v) is 12.6. The van der Waals surface area contributed by atoms with Gasteiger partial charge in [0.15, 0.2) is 17.5 Å². The van der Waals surface area contributed by atoms with Crippen molar-refractivity contribution in [1.29, 1.82) is 10.5 Å². The van der Waals surface area contributed by atoms with Crippen LogP contribution in [0.3, 0.4) is 0 Å². The Bertz CT molecular complexity index is 2850. The summed E-state index contributed by atoms with van der Waals surface area (Å²) in [5, 5.41) is 21.5. The van der Waals surface area contributed by atoms with Crippen LogP contribution in [0.25, 0.3) is 84.0 Å². The topological polar surface area (TPSA) is 104 Å². The number of pyridine rings is 1.